The summed E-state index contributed by atoms with van der Waals surface area (Å²) in [6.45, 7) is 4.41. The highest BCUT2D eigenvalue weighted by Crippen LogP contribution is 2.13. The molecule has 0 heterocycles. The maximum absolute atomic E-state index is 11.8. The van der Waals surface area contributed by atoms with Crippen molar-refractivity contribution in [2.45, 2.75) is 19.9 Å². The van der Waals surface area contributed by atoms with E-state index in [0.29, 0.717) is 13.2 Å². The van der Waals surface area contributed by atoms with Crippen molar-refractivity contribution in [2.24, 2.45) is 0 Å². The van der Waals surface area contributed by atoms with Gasteiger partial charge in [-0.2, -0.15) is 0 Å². The molecular weight excluding hydrogens is 214 g/mol. The van der Waals surface area contributed by atoms with E-state index in [1.807, 2.05) is 30.3 Å². The highest BCUT2D eigenvalue weighted by Gasteiger charge is 2.20. The third-order valence-electron chi connectivity index (χ3n) is 2.23. The van der Waals surface area contributed by atoms with E-state index in [2.05, 4.69) is 17.2 Å². The molecule has 0 aliphatic rings. The summed E-state index contributed by atoms with van der Waals surface area (Å²) in [6.07, 6.45) is 0. The number of carbonyl (C=O) groups is 1. The van der Waals surface area contributed by atoms with E-state index < -0.39 is 6.04 Å². The van der Waals surface area contributed by atoms with Crippen LogP contribution in [0.1, 0.15) is 25.5 Å². The first kappa shape index (κ1) is 13.3. The Kier molecular flexibility index (Phi) is 5.84. The van der Waals surface area contributed by atoms with Gasteiger partial charge in [-0.15, -0.1) is 5.92 Å². The molecule has 1 rings (SSSR count). The number of carbonyl (C=O) groups excluding carboxylic acids is 1. The van der Waals surface area contributed by atoms with Crippen LogP contribution in [0.2, 0.25) is 0 Å². The Morgan fingerprint density at radius 1 is 1.41 bits per heavy atom. The van der Waals surface area contributed by atoms with Gasteiger partial charge in [-0.05, 0) is 19.4 Å². The Balaban J connectivity index is 2.77. The molecule has 0 amide bonds. The van der Waals surface area contributed by atoms with Gasteiger partial charge in [0.1, 0.15) is 6.04 Å². The minimum atomic E-state index is -0.447. The SMILES string of the molecule is CC#CCNC(C(=O)OCC)c1ccccc1. The summed E-state index contributed by atoms with van der Waals surface area (Å²) < 4.78 is 5.04. The maximum Gasteiger partial charge on any atom is 0.327 e. The van der Waals surface area contributed by atoms with Crippen LogP contribution < -0.4 is 5.32 Å². The summed E-state index contributed by atoms with van der Waals surface area (Å²) in [6, 6.07) is 9.06. The summed E-state index contributed by atoms with van der Waals surface area (Å²) in [7, 11) is 0. The molecule has 1 N–H and O–H groups in total. The van der Waals surface area contributed by atoms with Crippen molar-refractivity contribution in [1.29, 1.82) is 0 Å². The third-order valence-corrected chi connectivity index (χ3v) is 2.23. The van der Waals surface area contributed by atoms with E-state index in [-0.39, 0.29) is 5.97 Å². The van der Waals surface area contributed by atoms with E-state index in [9.17, 15) is 4.79 Å². The van der Waals surface area contributed by atoms with Gasteiger partial charge in [-0.25, -0.2) is 4.79 Å². The molecule has 1 aromatic carbocycles. The van der Waals surface area contributed by atoms with Crippen LogP contribution in [-0.2, 0) is 9.53 Å². The molecule has 1 unspecified atom stereocenters. The van der Waals surface area contributed by atoms with E-state index in [1.54, 1.807) is 13.8 Å². The van der Waals surface area contributed by atoms with Crippen molar-refractivity contribution >= 4 is 5.97 Å². The largest absolute Gasteiger partial charge is 0.465 e. The minimum Gasteiger partial charge on any atom is -0.465 e. The molecule has 0 radical (unpaired) electrons. The van der Waals surface area contributed by atoms with Crippen LogP contribution in [-0.4, -0.2) is 19.1 Å². The van der Waals surface area contributed by atoms with Crippen LogP contribution in [0.5, 0.6) is 0 Å². The number of ether oxygens (including phenoxy) is 1. The lowest BCUT2D eigenvalue weighted by Crippen LogP contribution is -2.30. The number of hydrogen-bond donors (Lipinski definition) is 1. The summed E-state index contributed by atoms with van der Waals surface area (Å²) in [5, 5.41) is 3.07. The normalized spacial score (nSPS) is 11.2. The molecular formula is C14H17NO2. The average molecular weight is 231 g/mol. The van der Waals surface area contributed by atoms with Crippen molar-refractivity contribution < 1.29 is 9.53 Å². The molecule has 0 spiro atoms. The van der Waals surface area contributed by atoms with E-state index in [4.69, 9.17) is 4.74 Å². The number of hydrogen-bond acceptors (Lipinski definition) is 3. The topological polar surface area (TPSA) is 38.3 Å². The molecule has 0 fully saturated rings. The van der Waals surface area contributed by atoms with Gasteiger partial charge in [0.25, 0.3) is 0 Å². The molecule has 1 aromatic rings. The third kappa shape index (κ3) is 4.29. The molecule has 0 aromatic heterocycles. The van der Waals surface area contributed by atoms with E-state index >= 15 is 0 Å². The van der Waals surface area contributed by atoms with Crippen molar-refractivity contribution in [3.63, 3.8) is 0 Å². The number of esters is 1. The predicted octanol–water partition coefficient (Wildman–Crippen LogP) is 1.90. The zero-order valence-corrected chi connectivity index (χ0v) is 10.2. The molecule has 3 nitrogen and oxygen atoms in total. The smallest absolute Gasteiger partial charge is 0.327 e. The molecule has 0 bridgehead atoms. The lowest BCUT2D eigenvalue weighted by molar-refractivity contribution is -0.145. The zero-order chi connectivity index (χ0) is 12.5. The van der Waals surface area contributed by atoms with Crippen LogP contribution in [0.25, 0.3) is 0 Å². The summed E-state index contributed by atoms with van der Waals surface area (Å²) in [4.78, 5) is 11.8. The minimum absolute atomic E-state index is 0.267. The molecule has 0 saturated heterocycles. The molecule has 1 atom stereocenters. The predicted molar refractivity (Wildman–Crippen MR) is 67.3 cm³/mol. The lowest BCUT2D eigenvalue weighted by Gasteiger charge is -2.16. The van der Waals surface area contributed by atoms with Gasteiger partial charge in [-0.3, -0.25) is 5.32 Å². The maximum atomic E-state index is 11.8. The van der Waals surface area contributed by atoms with Crippen molar-refractivity contribution in [3.8, 4) is 11.8 Å². The lowest BCUT2D eigenvalue weighted by atomic mass is 10.1. The highest BCUT2D eigenvalue weighted by atomic mass is 16.5. The molecule has 3 heteroatoms. The number of nitrogens with one attached hydrogen (secondary N) is 1. The second-order valence-electron chi connectivity index (χ2n) is 3.40. The fourth-order valence-corrected chi connectivity index (χ4v) is 1.45. The number of benzene rings is 1. The van der Waals surface area contributed by atoms with Crippen LogP contribution >= 0.6 is 0 Å². The quantitative estimate of drug-likeness (QED) is 0.621. The molecule has 0 saturated carbocycles. The second-order valence-corrected chi connectivity index (χ2v) is 3.40. The van der Waals surface area contributed by atoms with Gasteiger partial charge in [0.15, 0.2) is 0 Å². The Labute approximate surface area is 102 Å². The Morgan fingerprint density at radius 3 is 2.71 bits per heavy atom. The first-order valence-electron chi connectivity index (χ1n) is 5.64. The van der Waals surface area contributed by atoms with Crippen molar-refractivity contribution in [3.05, 3.63) is 35.9 Å². The number of rotatable bonds is 5. The van der Waals surface area contributed by atoms with Gasteiger partial charge in [0.05, 0.1) is 13.2 Å². The van der Waals surface area contributed by atoms with Crippen LogP contribution in [0.3, 0.4) is 0 Å². The second kappa shape index (κ2) is 7.48. The highest BCUT2D eigenvalue weighted by molar-refractivity contribution is 5.77. The molecule has 17 heavy (non-hydrogen) atoms. The molecule has 90 valence electrons. The van der Waals surface area contributed by atoms with E-state index in [1.165, 1.54) is 0 Å². The summed E-state index contributed by atoms with van der Waals surface area (Å²) >= 11 is 0. The standard InChI is InChI=1S/C14H17NO2/c1-3-5-11-15-13(14(16)17-4-2)12-9-7-6-8-10-12/h6-10,13,15H,4,11H2,1-2H3. The first-order chi connectivity index (χ1) is 8.29. The van der Waals surface area contributed by atoms with Gasteiger partial charge in [0, 0.05) is 0 Å². The van der Waals surface area contributed by atoms with Crippen molar-refractivity contribution in [1.82, 2.24) is 5.32 Å². The fourth-order valence-electron chi connectivity index (χ4n) is 1.45. The van der Waals surface area contributed by atoms with E-state index in [0.717, 1.165) is 5.56 Å². The van der Waals surface area contributed by atoms with Gasteiger partial charge in [0.2, 0.25) is 0 Å². The first-order valence-corrected chi connectivity index (χ1v) is 5.64. The Bertz CT molecular complexity index is 403. The van der Waals surface area contributed by atoms with Crippen LogP contribution in [0, 0.1) is 11.8 Å². The Morgan fingerprint density at radius 2 is 2.12 bits per heavy atom. The van der Waals surface area contributed by atoms with Crippen LogP contribution in [0.4, 0.5) is 0 Å². The zero-order valence-electron chi connectivity index (χ0n) is 10.2. The average Bonchev–Trinajstić information content (AvgIpc) is 2.36. The fraction of sp³-hybridized carbons (Fsp3) is 0.357. The Hall–Kier alpha value is -1.79. The van der Waals surface area contributed by atoms with Crippen LogP contribution in [0.15, 0.2) is 30.3 Å². The summed E-state index contributed by atoms with van der Waals surface area (Å²) in [5.74, 6) is 5.39. The summed E-state index contributed by atoms with van der Waals surface area (Å²) in [5.41, 5.74) is 0.892. The molecule has 0 aliphatic carbocycles. The van der Waals surface area contributed by atoms with Gasteiger partial charge in [-0.1, -0.05) is 36.3 Å². The van der Waals surface area contributed by atoms with Gasteiger partial charge < -0.3 is 4.74 Å². The van der Waals surface area contributed by atoms with Gasteiger partial charge >= 0.3 is 5.97 Å². The van der Waals surface area contributed by atoms with Crippen molar-refractivity contribution in [2.75, 3.05) is 13.2 Å². The molecule has 0 aliphatic heterocycles. The monoisotopic (exact) mass is 231 g/mol.